The van der Waals surface area contributed by atoms with Crippen LogP contribution < -0.4 is 4.74 Å². The number of benzene rings is 1. The van der Waals surface area contributed by atoms with Gasteiger partial charge >= 0.3 is 0 Å². The van der Waals surface area contributed by atoms with Crippen molar-refractivity contribution in [3.8, 4) is 5.75 Å². The number of aryl methyl sites for hydroxylation is 2. The standard InChI is InChI=1S/C10H11NO3/c1-7-5-9(11(12)13)6-8-3-2-4-14-10(7)8/h5-6H,2-4H2,1H3. The Hall–Kier alpha value is -1.58. The molecule has 0 bridgehead atoms. The van der Waals surface area contributed by atoms with Crippen molar-refractivity contribution in [1.82, 2.24) is 0 Å². The summed E-state index contributed by atoms with van der Waals surface area (Å²) in [6.07, 6.45) is 1.81. The van der Waals surface area contributed by atoms with E-state index in [9.17, 15) is 10.1 Å². The summed E-state index contributed by atoms with van der Waals surface area (Å²) in [5, 5.41) is 10.6. The van der Waals surface area contributed by atoms with Crippen LogP contribution in [0.5, 0.6) is 5.75 Å². The Kier molecular flexibility index (Phi) is 2.11. The van der Waals surface area contributed by atoms with Gasteiger partial charge in [-0.25, -0.2) is 0 Å². The second kappa shape index (κ2) is 3.29. The van der Waals surface area contributed by atoms with Crippen LogP contribution in [-0.2, 0) is 6.42 Å². The molecule has 0 aromatic heterocycles. The van der Waals surface area contributed by atoms with Gasteiger partial charge < -0.3 is 4.74 Å². The van der Waals surface area contributed by atoms with E-state index < -0.39 is 0 Å². The van der Waals surface area contributed by atoms with Crippen molar-refractivity contribution < 1.29 is 9.66 Å². The maximum atomic E-state index is 10.6. The topological polar surface area (TPSA) is 52.4 Å². The number of hydrogen-bond donors (Lipinski definition) is 0. The minimum Gasteiger partial charge on any atom is -0.493 e. The monoisotopic (exact) mass is 193 g/mol. The zero-order valence-corrected chi connectivity index (χ0v) is 7.95. The van der Waals surface area contributed by atoms with Gasteiger partial charge in [0.15, 0.2) is 0 Å². The van der Waals surface area contributed by atoms with Gasteiger partial charge in [0.2, 0.25) is 0 Å². The molecule has 2 rings (SSSR count). The third-order valence-electron chi connectivity index (χ3n) is 2.38. The number of nitro benzene ring substituents is 1. The first-order chi connectivity index (χ1) is 6.68. The van der Waals surface area contributed by atoms with Gasteiger partial charge in [0.1, 0.15) is 5.75 Å². The van der Waals surface area contributed by atoms with Crippen LogP contribution in [0, 0.1) is 17.0 Å². The lowest BCUT2D eigenvalue weighted by atomic mass is 10.0. The highest BCUT2D eigenvalue weighted by Gasteiger charge is 2.17. The normalized spacial score (nSPS) is 14.4. The van der Waals surface area contributed by atoms with E-state index in [4.69, 9.17) is 4.74 Å². The van der Waals surface area contributed by atoms with Crippen molar-refractivity contribution in [2.45, 2.75) is 19.8 Å². The largest absolute Gasteiger partial charge is 0.493 e. The van der Waals surface area contributed by atoms with Crippen LogP contribution in [0.2, 0.25) is 0 Å². The molecule has 1 aliphatic heterocycles. The summed E-state index contributed by atoms with van der Waals surface area (Å²) in [6, 6.07) is 3.17. The van der Waals surface area contributed by atoms with Crippen LogP contribution in [0.25, 0.3) is 0 Å². The maximum absolute atomic E-state index is 10.6. The van der Waals surface area contributed by atoms with Gasteiger partial charge in [0.05, 0.1) is 11.5 Å². The SMILES string of the molecule is Cc1cc([N+](=O)[O-])cc2c1OCCC2. The molecule has 0 N–H and O–H groups in total. The molecule has 4 nitrogen and oxygen atoms in total. The minimum absolute atomic E-state index is 0.159. The van der Waals surface area contributed by atoms with Gasteiger partial charge in [-0.1, -0.05) is 0 Å². The molecule has 1 aromatic carbocycles. The molecule has 0 saturated heterocycles. The Morgan fingerprint density at radius 3 is 3.00 bits per heavy atom. The highest BCUT2D eigenvalue weighted by molar-refractivity contribution is 5.50. The van der Waals surface area contributed by atoms with E-state index in [2.05, 4.69) is 0 Å². The molecule has 0 amide bonds. The van der Waals surface area contributed by atoms with Gasteiger partial charge in [-0.05, 0) is 25.3 Å². The third kappa shape index (κ3) is 1.43. The zero-order valence-electron chi connectivity index (χ0n) is 7.95. The van der Waals surface area contributed by atoms with Crippen molar-refractivity contribution in [2.75, 3.05) is 6.61 Å². The number of non-ortho nitro benzene ring substituents is 1. The molecular weight excluding hydrogens is 182 g/mol. The Balaban J connectivity index is 2.51. The molecule has 0 radical (unpaired) electrons. The molecule has 1 aliphatic rings. The van der Waals surface area contributed by atoms with Gasteiger partial charge in [-0.15, -0.1) is 0 Å². The summed E-state index contributed by atoms with van der Waals surface area (Å²) >= 11 is 0. The fraction of sp³-hybridized carbons (Fsp3) is 0.400. The number of fused-ring (bicyclic) bond motifs is 1. The molecule has 4 heteroatoms. The molecule has 74 valence electrons. The molecule has 1 aromatic rings. The van der Waals surface area contributed by atoms with Crippen molar-refractivity contribution in [3.05, 3.63) is 33.4 Å². The number of hydrogen-bond acceptors (Lipinski definition) is 3. The average Bonchev–Trinajstić information content (AvgIpc) is 2.17. The van der Waals surface area contributed by atoms with Crippen LogP contribution >= 0.6 is 0 Å². The van der Waals surface area contributed by atoms with Crippen molar-refractivity contribution >= 4 is 5.69 Å². The summed E-state index contributed by atoms with van der Waals surface area (Å²) < 4.78 is 5.47. The maximum Gasteiger partial charge on any atom is 0.270 e. The molecule has 14 heavy (non-hydrogen) atoms. The number of ether oxygens (including phenoxy) is 1. The first-order valence-corrected chi connectivity index (χ1v) is 4.59. The summed E-state index contributed by atoms with van der Waals surface area (Å²) in [4.78, 5) is 10.2. The predicted octanol–water partition coefficient (Wildman–Crippen LogP) is 2.23. The molecule has 0 fully saturated rings. The second-order valence-corrected chi connectivity index (χ2v) is 3.46. The van der Waals surface area contributed by atoms with Crippen molar-refractivity contribution in [2.24, 2.45) is 0 Å². The first kappa shape index (κ1) is 8.99. The first-order valence-electron chi connectivity index (χ1n) is 4.59. The van der Waals surface area contributed by atoms with Crippen LogP contribution in [0.4, 0.5) is 5.69 Å². The van der Waals surface area contributed by atoms with Crippen LogP contribution in [0.1, 0.15) is 17.5 Å². The summed E-state index contributed by atoms with van der Waals surface area (Å²) in [5.41, 5.74) is 1.98. The molecule has 0 aliphatic carbocycles. The Morgan fingerprint density at radius 1 is 1.50 bits per heavy atom. The van der Waals surface area contributed by atoms with Crippen molar-refractivity contribution in [3.63, 3.8) is 0 Å². The van der Waals surface area contributed by atoms with E-state index in [0.29, 0.717) is 6.61 Å². The molecule has 0 atom stereocenters. The minimum atomic E-state index is -0.359. The number of rotatable bonds is 1. The predicted molar refractivity (Wildman–Crippen MR) is 51.6 cm³/mol. The fourth-order valence-electron chi connectivity index (χ4n) is 1.76. The van der Waals surface area contributed by atoms with E-state index in [1.807, 2.05) is 6.92 Å². The van der Waals surface area contributed by atoms with E-state index in [0.717, 1.165) is 29.7 Å². The van der Waals surface area contributed by atoms with Gasteiger partial charge in [-0.3, -0.25) is 10.1 Å². The summed E-state index contributed by atoms with van der Waals surface area (Å²) in [6.45, 7) is 2.56. The Labute approximate surface area is 81.7 Å². The number of nitrogens with zero attached hydrogens (tertiary/aromatic N) is 1. The van der Waals surface area contributed by atoms with Crippen molar-refractivity contribution in [1.29, 1.82) is 0 Å². The lowest BCUT2D eigenvalue weighted by Gasteiger charge is -2.18. The highest BCUT2D eigenvalue weighted by atomic mass is 16.6. The highest BCUT2D eigenvalue weighted by Crippen LogP contribution is 2.32. The lowest BCUT2D eigenvalue weighted by Crippen LogP contribution is -2.10. The van der Waals surface area contributed by atoms with E-state index in [1.165, 1.54) is 0 Å². The van der Waals surface area contributed by atoms with Crippen LogP contribution in [-0.4, -0.2) is 11.5 Å². The summed E-state index contributed by atoms with van der Waals surface area (Å²) in [7, 11) is 0. The Morgan fingerprint density at radius 2 is 2.29 bits per heavy atom. The van der Waals surface area contributed by atoms with E-state index in [1.54, 1.807) is 12.1 Å². The molecule has 0 saturated carbocycles. The fourth-order valence-corrected chi connectivity index (χ4v) is 1.76. The molecule has 1 heterocycles. The molecule has 0 unspecified atom stereocenters. The van der Waals surface area contributed by atoms with Gasteiger partial charge in [0.25, 0.3) is 5.69 Å². The number of nitro groups is 1. The average molecular weight is 193 g/mol. The molecule has 0 spiro atoms. The smallest absolute Gasteiger partial charge is 0.270 e. The van der Waals surface area contributed by atoms with Gasteiger partial charge in [-0.2, -0.15) is 0 Å². The lowest BCUT2D eigenvalue weighted by molar-refractivity contribution is -0.385. The van der Waals surface area contributed by atoms with E-state index in [-0.39, 0.29) is 10.6 Å². The zero-order chi connectivity index (χ0) is 10.1. The second-order valence-electron chi connectivity index (χ2n) is 3.46. The van der Waals surface area contributed by atoms with Crippen LogP contribution in [0.15, 0.2) is 12.1 Å². The quantitative estimate of drug-likeness (QED) is 0.507. The molecular formula is C10H11NO3. The third-order valence-corrected chi connectivity index (χ3v) is 2.38. The Bertz CT molecular complexity index is 387. The van der Waals surface area contributed by atoms with E-state index >= 15 is 0 Å². The van der Waals surface area contributed by atoms with Crippen LogP contribution in [0.3, 0.4) is 0 Å². The summed E-state index contributed by atoms with van der Waals surface area (Å²) in [5.74, 6) is 0.835. The van der Waals surface area contributed by atoms with Gasteiger partial charge in [0, 0.05) is 17.7 Å².